The number of anilines is 1. The van der Waals surface area contributed by atoms with Crippen molar-refractivity contribution in [2.75, 3.05) is 18.1 Å². The number of carboxylic acid groups (broad SMARTS) is 1. The van der Waals surface area contributed by atoms with Crippen LogP contribution in [0.3, 0.4) is 0 Å². The predicted octanol–water partition coefficient (Wildman–Crippen LogP) is 1.55. The zero-order chi connectivity index (χ0) is 13.5. The van der Waals surface area contributed by atoms with Gasteiger partial charge in [0.1, 0.15) is 0 Å². The Labute approximate surface area is 105 Å². The van der Waals surface area contributed by atoms with E-state index in [-0.39, 0.29) is 0 Å². The maximum atomic E-state index is 11.8. The number of hydroxylamine groups is 1. The SMILES string of the molecule is CCN(C(=O)NOCC(=O)O)c1cccc(C)c1. The first-order valence-electron chi connectivity index (χ1n) is 5.52. The summed E-state index contributed by atoms with van der Waals surface area (Å²) in [6.45, 7) is 3.62. The fourth-order valence-corrected chi connectivity index (χ4v) is 1.45. The van der Waals surface area contributed by atoms with Gasteiger partial charge in [-0.2, -0.15) is 0 Å². The number of carbonyl (C=O) groups is 2. The molecule has 0 bridgehead atoms. The molecule has 0 aliphatic heterocycles. The summed E-state index contributed by atoms with van der Waals surface area (Å²) >= 11 is 0. The number of nitrogens with one attached hydrogen (secondary N) is 1. The third-order valence-electron chi connectivity index (χ3n) is 2.23. The number of carboxylic acids is 1. The van der Waals surface area contributed by atoms with Crippen molar-refractivity contribution in [3.8, 4) is 0 Å². The minimum Gasteiger partial charge on any atom is -0.479 e. The van der Waals surface area contributed by atoms with Crippen LogP contribution in [0.25, 0.3) is 0 Å². The number of nitrogens with zero attached hydrogens (tertiary/aromatic N) is 1. The van der Waals surface area contributed by atoms with Gasteiger partial charge >= 0.3 is 12.0 Å². The number of benzene rings is 1. The average molecular weight is 252 g/mol. The van der Waals surface area contributed by atoms with E-state index in [0.717, 1.165) is 11.3 Å². The van der Waals surface area contributed by atoms with E-state index in [1.54, 1.807) is 6.07 Å². The Bertz CT molecular complexity index is 434. The minimum atomic E-state index is -1.14. The molecular weight excluding hydrogens is 236 g/mol. The van der Waals surface area contributed by atoms with Crippen molar-refractivity contribution >= 4 is 17.7 Å². The van der Waals surface area contributed by atoms with Gasteiger partial charge in [-0.15, -0.1) is 0 Å². The fourth-order valence-electron chi connectivity index (χ4n) is 1.45. The molecular formula is C12H16N2O4. The molecule has 6 nitrogen and oxygen atoms in total. The summed E-state index contributed by atoms with van der Waals surface area (Å²) in [5.74, 6) is -1.14. The third-order valence-corrected chi connectivity index (χ3v) is 2.23. The van der Waals surface area contributed by atoms with Crippen LogP contribution in [-0.2, 0) is 9.63 Å². The van der Waals surface area contributed by atoms with Crippen molar-refractivity contribution in [1.82, 2.24) is 5.48 Å². The van der Waals surface area contributed by atoms with Gasteiger partial charge in [-0.1, -0.05) is 12.1 Å². The van der Waals surface area contributed by atoms with Crippen LogP contribution in [0.15, 0.2) is 24.3 Å². The number of aliphatic carboxylic acids is 1. The van der Waals surface area contributed by atoms with Gasteiger partial charge < -0.3 is 5.11 Å². The van der Waals surface area contributed by atoms with Crippen molar-refractivity contribution in [3.05, 3.63) is 29.8 Å². The predicted molar refractivity (Wildman–Crippen MR) is 66.3 cm³/mol. The number of aryl methyl sites for hydroxylation is 1. The second-order valence-corrected chi connectivity index (χ2v) is 3.67. The first-order chi connectivity index (χ1) is 8.54. The maximum absolute atomic E-state index is 11.8. The lowest BCUT2D eigenvalue weighted by atomic mass is 10.2. The van der Waals surface area contributed by atoms with E-state index >= 15 is 0 Å². The number of amides is 2. The molecule has 0 aromatic heterocycles. The van der Waals surface area contributed by atoms with E-state index < -0.39 is 18.6 Å². The van der Waals surface area contributed by atoms with E-state index in [0.29, 0.717) is 6.54 Å². The van der Waals surface area contributed by atoms with Crippen LogP contribution >= 0.6 is 0 Å². The van der Waals surface area contributed by atoms with Crippen LogP contribution in [0.4, 0.5) is 10.5 Å². The molecule has 6 heteroatoms. The second-order valence-electron chi connectivity index (χ2n) is 3.67. The molecule has 0 unspecified atom stereocenters. The molecule has 0 fully saturated rings. The molecule has 0 atom stereocenters. The molecule has 18 heavy (non-hydrogen) atoms. The molecule has 0 saturated heterocycles. The van der Waals surface area contributed by atoms with Crippen molar-refractivity contribution in [2.24, 2.45) is 0 Å². The highest BCUT2D eigenvalue weighted by Gasteiger charge is 2.14. The highest BCUT2D eigenvalue weighted by Crippen LogP contribution is 2.15. The summed E-state index contributed by atoms with van der Waals surface area (Å²) in [6, 6.07) is 6.94. The van der Waals surface area contributed by atoms with Gasteiger partial charge in [0.15, 0.2) is 6.61 Å². The Kier molecular flexibility index (Phi) is 5.13. The molecule has 2 N–H and O–H groups in total. The van der Waals surface area contributed by atoms with E-state index in [1.165, 1.54) is 4.90 Å². The molecule has 1 aromatic carbocycles. The third kappa shape index (κ3) is 4.06. The van der Waals surface area contributed by atoms with Gasteiger partial charge in [0.2, 0.25) is 0 Å². The number of carbonyl (C=O) groups excluding carboxylic acids is 1. The first-order valence-corrected chi connectivity index (χ1v) is 5.52. The van der Waals surface area contributed by atoms with E-state index in [9.17, 15) is 9.59 Å². The molecule has 0 aliphatic rings. The summed E-state index contributed by atoms with van der Waals surface area (Å²) in [7, 11) is 0. The average Bonchev–Trinajstić information content (AvgIpc) is 2.29. The molecule has 0 radical (unpaired) electrons. The fraction of sp³-hybridized carbons (Fsp3) is 0.333. The molecule has 98 valence electrons. The number of urea groups is 1. The summed E-state index contributed by atoms with van der Waals surface area (Å²) in [5, 5.41) is 8.39. The first kappa shape index (κ1) is 14.0. The van der Waals surface area contributed by atoms with Crippen molar-refractivity contribution < 1.29 is 19.5 Å². The molecule has 0 heterocycles. The topological polar surface area (TPSA) is 78.9 Å². The van der Waals surface area contributed by atoms with Gasteiger partial charge in [0.05, 0.1) is 0 Å². The Morgan fingerprint density at radius 2 is 2.17 bits per heavy atom. The molecule has 2 amide bonds. The van der Waals surface area contributed by atoms with Gasteiger partial charge in [0, 0.05) is 12.2 Å². The van der Waals surface area contributed by atoms with Gasteiger partial charge in [-0.3, -0.25) is 9.74 Å². The van der Waals surface area contributed by atoms with Crippen LogP contribution in [0.2, 0.25) is 0 Å². The number of hydrogen-bond donors (Lipinski definition) is 2. The molecule has 0 spiro atoms. The Balaban J connectivity index is 2.65. The lowest BCUT2D eigenvalue weighted by molar-refractivity contribution is -0.143. The van der Waals surface area contributed by atoms with E-state index in [4.69, 9.17) is 5.11 Å². The number of hydrogen-bond acceptors (Lipinski definition) is 3. The number of rotatable bonds is 5. The zero-order valence-electron chi connectivity index (χ0n) is 10.3. The van der Waals surface area contributed by atoms with Crippen molar-refractivity contribution in [1.29, 1.82) is 0 Å². The highest BCUT2D eigenvalue weighted by molar-refractivity contribution is 5.91. The molecule has 0 aliphatic carbocycles. The van der Waals surface area contributed by atoms with Gasteiger partial charge in [-0.25, -0.2) is 15.1 Å². The minimum absolute atomic E-state index is 0.450. The van der Waals surface area contributed by atoms with Crippen LogP contribution in [0.5, 0.6) is 0 Å². The van der Waals surface area contributed by atoms with Crippen molar-refractivity contribution in [2.45, 2.75) is 13.8 Å². The molecule has 0 saturated carbocycles. The monoisotopic (exact) mass is 252 g/mol. The Morgan fingerprint density at radius 3 is 2.72 bits per heavy atom. The van der Waals surface area contributed by atoms with Crippen LogP contribution in [0.1, 0.15) is 12.5 Å². The highest BCUT2D eigenvalue weighted by atomic mass is 16.7. The van der Waals surface area contributed by atoms with Crippen LogP contribution in [0, 0.1) is 6.92 Å². The summed E-state index contributed by atoms with van der Waals surface area (Å²) in [5.41, 5.74) is 3.85. The van der Waals surface area contributed by atoms with E-state index in [1.807, 2.05) is 32.0 Å². The van der Waals surface area contributed by atoms with Crippen molar-refractivity contribution in [3.63, 3.8) is 0 Å². The van der Waals surface area contributed by atoms with Gasteiger partial charge in [-0.05, 0) is 31.5 Å². The Hall–Kier alpha value is -2.08. The summed E-state index contributed by atoms with van der Waals surface area (Å²) in [4.78, 5) is 28.0. The Morgan fingerprint density at radius 1 is 1.44 bits per heavy atom. The van der Waals surface area contributed by atoms with E-state index in [2.05, 4.69) is 10.3 Å². The zero-order valence-corrected chi connectivity index (χ0v) is 10.3. The normalized spacial score (nSPS) is 9.89. The summed E-state index contributed by atoms with van der Waals surface area (Å²) in [6.07, 6.45) is 0. The maximum Gasteiger partial charge on any atom is 0.345 e. The molecule has 1 rings (SSSR count). The second kappa shape index (κ2) is 6.61. The largest absolute Gasteiger partial charge is 0.479 e. The summed E-state index contributed by atoms with van der Waals surface area (Å²) < 4.78 is 0. The smallest absolute Gasteiger partial charge is 0.345 e. The lowest BCUT2D eigenvalue weighted by Crippen LogP contribution is -2.40. The van der Waals surface area contributed by atoms with Gasteiger partial charge in [0.25, 0.3) is 0 Å². The lowest BCUT2D eigenvalue weighted by Gasteiger charge is -2.21. The standard InChI is InChI=1S/C12H16N2O4/c1-3-14(10-6-4-5-9(2)7-10)12(17)13-18-8-11(15)16/h4-7H,3,8H2,1-2H3,(H,13,17)(H,15,16). The van der Waals surface area contributed by atoms with Crippen LogP contribution in [-0.4, -0.2) is 30.3 Å². The quantitative estimate of drug-likeness (QED) is 0.779. The molecule has 1 aromatic rings. The van der Waals surface area contributed by atoms with Crippen LogP contribution < -0.4 is 10.4 Å².